The van der Waals surface area contributed by atoms with Gasteiger partial charge in [-0.1, -0.05) is 133 Å². The second-order valence-electron chi connectivity index (χ2n) is 31.9. The van der Waals surface area contributed by atoms with Crippen LogP contribution < -0.4 is 10.6 Å². The van der Waals surface area contributed by atoms with E-state index < -0.39 is 23.3 Å². The number of carboxylic acids is 1. The number of nitrogens with zero attached hydrogens (tertiary/aromatic N) is 10. The maximum absolute atomic E-state index is 13.1. The standard InChI is InChI=1S/C26H27N3O2S.C19H27N3O3.C14H19N3O.C12H10O2S.C11H14N2O.C8H13NO3/c1-19-16-23(20-8-4-2-5-9-20)32-24(19)26(31)29-17-22(18-29)27-12-14-28(15-13-27)25(30)21-10-6-3-7-11-21;1-19(2,3)25-18(24)22-13-16(14-22)20-9-11-21(12-10-20)17(23)15-7-5-4-6-8-15;18-14(12-4-2-1-3-5-12)17-8-6-16(7-9-17)13-10-15-11-13;1-8-7-10(15-11(8)12(13)14)9-5-3-2-4-6-9;14-11(10-4-2-1-3-5-10)13-8-6-12-7-9-13;1-8(2,3)12-7(11)9-4-6(10)5-9/h2-11,16,22H,12-15,17-18H2,1H3;4-8,16H,9-14H2,1-3H3;1-5,13,15H,6-11H2;2-7H,1H3,(H,13,14);1-5,12H,6-9H2;4-5H2,1-3H3. The molecule has 0 saturated carbocycles. The summed E-state index contributed by atoms with van der Waals surface area (Å²) in [4.78, 5) is 130. The zero-order chi connectivity index (χ0) is 82.5. The van der Waals surface area contributed by atoms with Gasteiger partial charge in [0.1, 0.15) is 16.1 Å². The minimum atomic E-state index is -0.848. The minimum Gasteiger partial charge on any atom is -0.477 e. The lowest BCUT2D eigenvalue weighted by molar-refractivity contribution is -0.128. The third kappa shape index (κ3) is 24.3. The van der Waals surface area contributed by atoms with Crippen LogP contribution in [0.3, 0.4) is 0 Å². The minimum absolute atomic E-state index is 0.0841. The van der Waals surface area contributed by atoms with Gasteiger partial charge in [0.15, 0.2) is 5.78 Å². The first-order valence-electron chi connectivity index (χ1n) is 40.0. The molecular weight excluding hydrogens is 1510 g/mol. The van der Waals surface area contributed by atoms with E-state index in [2.05, 4.69) is 43.5 Å². The van der Waals surface area contributed by atoms with Crippen LogP contribution in [-0.2, 0) is 14.3 Å². The number of piperazine rings is 4. The summed E-state index contributed by atoms with van der Waals surface area (Å²) >= 11 is 2.91. The van der Waals surface area contributed by atoms with Gasteiger partial charge in [-0.25, -0.2) is 14.4 Å². The predicted octanol–water partition coefficient (Wildman–Crippen LogP) is 11.4. The molecule has 8 saturated heterocycles. The van der Waals surface area contributed by atoms with Crippen molar-refractivity contribution in [2.45, 2.75) is 84.7 Å². The number of ketones is 1. The molecule has 614 valence electrons. The highest BCUT2D eigenvalue weighted by Gasteiger charge is 2.41. The summed E-state index contributed by atoms with van der Waals surface area (Å²) in [6, 6.07) is 63.5. The van der Waals surface area contributed by atoms with E-state index in [0.717, 1.165) is 190 Å². The topological polar surface area (TPSA) is 249 Å². The second-order valence-corrected chi connectivity index (χ2v) is 34.0. The Labute approximate surface area is 689 Å². The van der Waals surface area contributed by atoms with E-state index >= 15 is 0 Å². The third-order valence-electron chi connectivity index (χ3n) is 21.0. The molecule has 24 nitrogen and oxygen atoms in total. The fourth-order valence-electron chi connectivity index (χ4n) is 14.2. The summed E-state index contributed by atoms with van der Waals surface area (Å²) < 4.78 is 10.4. The number of carboxylic acid groups (broad SMARTS) is 1. The molecule has 0 aliphatic carbocycles. The quantitative estimate of drug-likeness (QED) is 0.109. The van der Waals surface area contributed by atoms with Gasteiger partial charge < -0.3 is 54.6 Å². The van der Waals surface area contributed by atoms with Crippen LogP contribution in [0.5, 0.6) is 0 Å². The molecule has 8 aliphatic rings. The summed E-state index contributed by atoms with van der Waals surface area (Å²) in [6.07, 6.45) is -0.635. The first-order chi connectivity index (χ1) is 55.7. The van der Waals surface area contributed by atoms with Gasteiger partial charge in [0.2, 0.25) is 0 Å². The molecule has 3 N–H and O–H groups in total. The number of likely N-dealkylation sites (tertiary alicyclic amines) is 3. The molecule has 10 heterocycles. The van der Waals surface area contributed by atoms with E-state index in [1.165, 1.54) is 16.2 Å². The van der Waals surface area contributed by atoms with Crippen LogP contribution in [0.25, 0.3) is 20.9 Å². The number of rotatable bonds is 11. The Kier molecular flexibility index (Phi) is 30.5. The fraction of sp³-hybridized carbons (Fsp3) is 0.411. The Morgan fingerprint density at radius 1 is 0.362 bits per heavy atom. The number of carbonyl (C=O) groups is 9. The maximum atomic E-state index is 13.1. The fourth-order valence-corrected chi connectivity index (χ4v) is 16.4. The molecular formula is C90H110N12O12S2. The molecule has 8 aromatic rings. The molecule has 6 aromatic carbocycles. The molecule has 8 aliphatic heterocycles. The van der Waals surface area contributed by atoms with Crippen molar-refractivity contribution in [3.8, 4) is 20.9 Å². The number of ether oxygens (including phenoxy) is 2. The lowest BCUT2D eigenvalue weighted by Gasteiger charge is -2.48. The maximum Gasteiger partial charge on any atom is 0.411 e. The molecule has 8 fully saturated rings. The third-order valence-corrected chi connectivity index (χ3v) is 23.5. The van der Waals surface area contributed by atoms with Crippen LogP contribution in [0.2, 0.25) is 0 Å². The van der Waals surface area contributed by atoms with Crippen LogP contribution in [0.1, 0.15) is 113 Å². The first-order valence-corrected chi connectivity index (χ1v) is 41.7. The van der Waals surface area contributed by atoms with Crippen molar-refractivity contribution < 1.29 is 57.7 Å². The lowest BCUT2D eigenvalue weighted by atomic mass is 10.0. The van der Waals surface area contributed by atoms with Crippen molar-refractivity contribution in [1.29, 1.82) is 0 Å². The van der Waals surface area contributed by atoms with E-state index in [0.29, 0.717) is 36.1 Å². The van der Waals surface area contributed by atoms with Crippen molar-refractivity contribution in [2.24, 2.45) is 0 Å². The number of nitrogens with one attached hydrogen (secondary N) is 2. The van der Waals surface area contributed by atoms with Crippen LogP contribution in [0, 0.1) is 13.8 Å². The van der Waals surface area contributed by atoms with Gasteiger partial charge in [-0.2, -0.15) is 0 Å². The van der Waals surface area contributed by atoms with Gasteiger partial charge in [0.05, 0.1) is 18.0 Å². The van der Waals surface area contributed by atoms with Crippen molar-refractivity contribution in [1.82, 2.24) is 59.6 Å². The Morgan fingerprint density at radius 3 is 0.974 bits per heavy atom. The molecule has 0 unspecified atom stereocenters. The Balaban J connectivity index is 0.000000142. The number of aryl methyl sites for hydroxylation is 2. The molecule has 2 aromatic heterocycles. The molecule has 0 radical (unpaired) electrons. The van der Waals surface area contributed by atoms with Crippen LogP contribution in [-0.4, -0.2) is 294 Å². The van der Waals surface area contributed by atoms with Gasteiger partial charge in [-0.15, -0.1) is 22.7 Å². The number of hydrogen-bond donors (Lipinski definition) is 3. The SMILES string of the molecule is CC(C)(C)OC(=O)N1CC(=O)C1.CC(C)(C)OC(=O)N1CC(N2CCN(C(=O)c3ccccc3)CC2)C1.Cc1cc(-c2ccccc2)sc1C(=O)N1CC(N2CCN(C(=O)c3ccccc3)CC2)C1.Cc1cc(-c2ccccc2)sc1C(=O)O.O=C(c1ccccc1)N1CCN(C2CNC2)CC1.O=C(c1ccccc1)N1CCNCC1. The van der Waals surface area contributed by atoms with E-state index in [1.807, 2.05) is 235 Å². The van der Waals surface area contributed by atoms with Gasteiger partial charge >= 0.3 is 18.2 Å². The predicted molar refractivity (Wildman–Crippen MR) is 454 cm³/mol. The number of carbonyl (C=O) groups excluding carboxylic acids is 8. The summed E-state index contributed by atoms with van der Waals surface area (Å²) in [5, 5.41) is 15.5. The highest BCUT2D eigenvalue weighted by molar-refractivity contribution is 7.18. The number of aromatic carboxylic acids is 1. The molecule has 16 rings (SSSR count). The van der Waals surface area contributed by atoms with Crippen molar-refractivity contribution >= 4 is 76.1 Å². The Morgan fingerprint density at radius 2 is 0.664 bits per heavy atom. The van der Waals surface area contributed by atoms with Crippen molar-refractivity contribution in [3.05, 3.63) is 237 Å². The highest BCUT2D eigenvalue weighted by Crippen LogP contribution is 2.35. The molecule has 7 amide bonds. The largest absolute Gasteiger partial charge is 0.477 e. The van der Waals surface area contributed by atoms with Crippen LogP contribution in [0.4, 0.5) is 9.59 Å². The zero-order valence-electron chi connectivity index (χ0n) is 67.9. The first kappa shape index (κ1) is 86.4. The zero-order valence-corrected chi connectivity index (χ0v) is 69.5. The lowest BCUT2D eigenvalue weighted by Crippen LogP contribution is -2.64. The van der Waals surface area contributed by atoms with E-state index in [-0.39, 0.29) is 54.5 Å². The van der Waals surface area contributed by atoms with Crippen molar-refractivity contribution in [2.75, 3.05) is 157 Å². The van der Waals surface area contributed by atoms with Gasteiger partial charge in [0, 0.05) is 194 Å². The number of amides is 7. The molecule has 0 spiro atoms. The number of Topliss-reactive ketones (excluding diaryl/α,β-unsaturated/α-hetero) is 1. The summed E-state index contributed by atoms with van der Waals surface area (Å²) in [5.41, 5.74) is 6.26. The smallest absolute Gasteiger partial charge is 0.411 e. The molecule has 0 bridgehead atoms. The van der Waals surface area contributed by atoms with E-state index in [9.17, 15) is 43.2 Å². The van der Waals surface area contributed by atoms with Gasteiger partial charge in [-0.3, -0.25) is 48.4 Å². The molecule has 26 heteroatoms. The number of thiophene rings is 2. The molecule has 0 atom stereocenters. The summed E-state index contributed by atoms with van der Waals surface area (Å²) in [7, 11) is 0. The highest BCUT2D eigenvalue weighted by atomic mass is 32.1. The normalized spacial score (nSPS) is 17.4. The monoisotopic (exact) mass is 1610 g/mol. The number of benzene rings is 6. The van der Waals surface area contributed by atoms with Gasteiger partial charge in [-0.05, 0) is 138 Å². The molecule has 116 heavy (non-hydrogen) atoms. The summed E-state index contributed by atoms with van der Waals surface area (Å²) in [6.45, 7) is 34.0. The second kappa shape index (κ2) is 40.9. The number of hydrogen-bond acceptors (Lipinski definition) is 18. The summed E-state index contributed by atoms with van der Waals surface area (Å²) in [5.74, 6) is -0.0965. The van der Waals surface area contributed by atoms with Crippen molar-refractivity contribution in [3.63, 3.8) is 0 Å². The van der Waals surface area contributed by atoms with E-state index in [4.69, 9.17) is 14.6 Å². The van der Waals surface area contributed by atoms with Crippen LogP contribution in [0.15, 0.2) is 194 Å². The average Bonchev–Trinajstić information content (AvgIpc) is 1.73. The Bertz CT molecular complexity index is 4550. The van der Waals surface area contributed by atoms with E-state index in [1.54, 1.807) is 37.0 Å². The average molecular weight is 1620 g/mol. The Hall–Kier alpha value is -10.5. The van der Waals surface area contributed by atoms with Gasteiger partial charge in [0.25, 0.3) is 29.5 Å². The van der Waals surface area contributed by atoms with Crippen LogP contribution >= 0.6 is 22.7 Å².